The van der Waals surface area contributed by atoms with Crippen LogP contribution in [-0.2, 0) is 6.54 Å². The van der Waals surface area contributed by atoms with Crippen LogP contribution in [0.1, 0.15) is 22.3 Å². The number of benzene rings is 2. The molecule has 4 heterocycles. The van der Waals surface area contributed by atoms with Crippen LogP contribution in [0.3, 0.4) is 0 Å². The summed E-state index contributed by atoms with van der Waals surface area (Å²) in [6.07, 6.45) is 4.52. The number of nitrogens with zero attached hydrogens (tertiary/aromatic N) is 6. The highest BCUT2D eigenvalue weighted by Crippen LogP contribution is 2.27. The number of fused-ring (bicyclic) bond motifs is 1. The molecule has 1 amide bonds. The summed E-state index contributed by atoms with van der Waals surface area (Å²) in [5.41, 5.74) is 4.27. The minimum absolute atomic E-state index is 0.0276. The third-order valence-corrected chi connectivity index (χ3v) is 7.39. The largest absolute Gasteiger partial charge is 0.346 e. The molecule has 0 radical (unpaired) electrons. The van der Waals surface area contributed by atoms with E-state index in [1.807, 2.05) is 75.8 Å². The van der Waals surface area contributed by atoms with Crippen LogP contribution >= 0.6 is 11.3 Å². The second-order valence-electron chi connectivity index (χ2n) is 8.89. The van der Waals surface area contributed by atoms with Crippen LogP contribution in [0.5, 0.6) is 0 Å². The van der Waals surface area contributed by atoms with Gasteiger partial charge in [-0.3, -0.25) is 4.79 Å². The molecule has 6 rings (SSSR count). The SMILES string of the molecule is O=C(c1cc(-c2ccccc2)nc2c1cnn2Cc1ccccc1)N1CCCN(c2nccs2)CC1. The molecule has 0 N–H and O–H groups in total. The molecular weight excluding hydrogens is 468 g/mol. The van der Waals surface area contributed by atoms with Crippen molar-refractivity contribution in [2.24, 2.45) is 0 Å². The Kier molecular flexibility index (Phi) is 6.17. The van der Waals surface area contributed by atoms with Gasteiger partial charge in [0.15, 0.2) is 10.8 Å². The summed E-state index contributed by atoms with van der Waals surface area (Å²) in [5.74, 6) is 0.0276. The van der Waals surface area contributed by atoms with Gasteiger partial charge in [0.05, 0.1) is 29.4 Å². The first kappa shape index (κ1) is 22.4. The smallest absolute Gasteiger partial charge is 0.254 e. The maximum Gasteiger partial charge on any atom is 0.254 e. The van der Waals surface area contributed by atoms with E-state index in [0.29, 0.717) is 25.2 Å². The zero-order valence-corrected chi connectivity index (χ0v) is 20.6. The van der Waals surface area contributed by atoms with E-state index in [-0.39, 0.29) is 5.91 Å². The fraction of sp³-hybridized carbons (Fsp3) is 0.214. The highest BCUT2D eigenvalue weighted by atomic mass is 32.1. The minimum Gasteiger partial charge on any atom is -0.346 e. The van der Waals surface area contributed by atoms with Crippen LogP contribution in [0.4, 0.5) is 5.13 Å². The summed E-state index contributed by atoms with van der Waals surface area (Å²) >= 11 is 1.64. The molecular formula is C28H26N6OS. The Hall–Kier alpha value is -4.04. The van der Waals surface area contributed by atoms with Gasteiger partial charge in [-0.2, -0.15) is 5.10 Å². The summed E-state index contributed by atoms with van der Waals surface area (Å²) in [7, 11) is 0. The van der Waals surface area contributed by atoms with E-state index >= 15 is 0 Å². The van der Waals surface area contributed by atoms with Gasteiger partial charge in [-0.1, -0.05) is 60.7 Å². The Labute approximate surface area is 213 Å². The van der Waals surface area contributed by atoms with Crippen molar-refractivity contribution in [2.45, 2.75) is 13.0 Å². The van der Waals surface area contributed by atoms with E-state index in [2.05, 4.69) is 27.1 Å². The van der Waals surface area contributed by atoms with E-state index in [4.69, 9.17) is 4.98 Å². The standard InChI is InChI=1S/C28H26N6OS/c35-27(32-13-7-14-33(16-15-32)28-29-12-17-36-28)23-18-25(22-10-5-2-6-11-22)31-26-24(23)19-30-34(26)20-21-8-3-1-4-9-21/h1-6,8-12,17-19H,7,13-16,20H2. The topological polar surface area (TPSA) is 67.2 Å². The Balaban J connectivity index is 1.37. The molecule has 8 heteroatoms. The zero-order chi connectivity index (χ0) is 24.3. The second-order valence-corrected chi connectivity index (χ2v) is 9.77. The zero-order valence-electron chi connectivity index (χ0n) is 19.8. The molecule has 0 bridgehead atoms. The fourth-order valence-electron chi connectivity index (χ4n) is 4.71. The number of hydrogen-bond donors (Lipinski definition) is 0. The maximum atomic E-state index is 13.9. The molecule has 1 aliphatic heterocycles. The molecule has 1 fully saturated rings. The monoisotopic (exact) mass is 494 g/mol. The van der Waals surface area contributed by atoms with Crippen molar-refractivity contribution in [1.82, 2.24) is 24.6 Å². The molecule has 1 aliphatic rings. The first-order valence-electron chi connectivity index (χ1n) is 12.2. The molecule has 1 saturated heterocycles. The van der Waals surface area contributed by atoms with Crippen molar-refractivity contribution < 1.29 is 4.79 Å². The Bertz CT molecular complexity index is 1470. The number of aromatic nitrogens is 4. The van der Waals surface area contributed by atoms with Gasteiger partial charge in [-0.15, -0.1) is 11.3 Å². The van der Waals surface area contributed by atoms with Gasteiger partial charge >= 0.3 is 0 Å². The molecule has 0 atom stereocenters. The van der Waals surface area contributed by atoms with Crippen molar-refractivity contribution in [3.63, 3.8) is 0 Å². The number of amides is 1. The molecule has 0 saturated carbocycles. The average Bonchev–Trinajstić information content (AvgIpc) is 3.54. The summed E-state index contributed by atoms with van der Waals surface area (Å²) in [5, 5.41) is 8.45. The normalized spacial score (nSPS) is 14.2. The molecule has 36 heavy (non-hydrogen) atoms. The molecule has 0 spiro atoms. The van der Waals surface area contributed by atoms with Crippen molar-refractivity contribution in [3.8, 4) is 11.3 Å². The van der Waals surface area contributed by atoms with Crippen molar-refractivity contribution in [2.75, 3.05) is 31.1 Å². The van der Waals surface area contributed by atoms with Gasteiger partial charge in [0.25, 0.3) is 5.91 Å². The Morgan fingerprint density at radius 2 is 1.75 bits per heavy atom. The predicted molar refractivity (Wildman–Crippen MR) is 143 cm³/mol. The fourth-order valence-corrected chi connectivity index (χ4v) is 5.40. The molecule has 180 valence electrons. The molecule has 5 aromatic rings. The van der Waals surface area contributed by atoms with Crippen LogP contribution in [-0.4, -0.2) is 56.7 Å². The van der Waals surface area contributed by atoms with Crippen molar-refractivity contribution in [1.29, 1.82) is 0 Å². The van der Waals surface area contributed by atoms with E-state index in [1.54, 1.807) is 17.5 Å². The Morgan fingerprint density at radius 1 is 0.944 bits per heavy atom. The van der Waals surface area contributed by atoms with E-state index in [9.17, 15) is 4.79 Å². The van der Waals surface area contributed by atoms with E-state index < -0.39 is 0 Å². The number of anilines is 1. The third kappa shape index (κ3) is 4.47. The van der Waals surface area contributed by atoms with Crippen LogP contribution in [0, 0.1) is 0 Å². The maximum absolute atomic E-state index is 13.9. The lowest BCUT2D eigenvalue weighted by Gasteiger charge is -2.22. The van der Waals surface area contributed by atoms with Gasteiger partial charge in [0.1, 0.15) is 0 Å². The quantitative estimate of drug-likeness (QED) is 0.346. The van der Waals surface area contributed by atoms with E-state index in [0.717, 1.165) is 52.5 Å². The number of carbonyl (C=O) groups excluding carboxylic acids is 1. The number of thiazole rings is 1. The van der Waals surface area contributed by atoms with Gasteiger partial charge < -0.3 is 9.80 Å². The van der Waals surface area contributed by atoms with Gasteiger partial charge in [0, 0.05) is 43.3 Å². The van der Waals surface area contributed by atoms with Crippen LogP contribution in [0.25, 0.3) is 22.3 Å². The average molecular weight is 495 g/mol. The molecule has 7 nitrogen and oxygen atoms in total. The lowest BCUT2D eigenvalue weighted by Crippen LogP contribution is -2.35. The first-order chi connectivity index (χ1) is 17.8. The van der Waals surface area contributed by atoms with Crippen molar-refractivity contribution >= 4 is 33.4 Å². The van der Waals surface area contributed by atoms with Gasteiger partial charge in [-0.05, 0) is 18.1 Å². The lowest BCUT2D eigenvalue weighted by molar-refractivity contribution is 0.0769. The van der Waals surface area contributed by atoms with Crippen LogP contribution in [0.15, 0.2) is 84.5 Å². The summed E-state index contributed by atoms with van der Waals surface area (Å²) < 4.78 is 1.89. The molecule has 0 unspecified atom stereocenters. The summed E-state index contributed by atoms with van der Waals surface area (Å²) in [6.45, 7) is 3.62. The summed E-state index contributed by atoms with van der Waals surface area (Å²) in [4.78, 5) is 27.6. The predicted octanol–water partition coefficient (Wildman–Crippen LogP) is 4.96. The van der Waals surface area contributed by atoms with Crippen molar-refractivity contribution in [3.05, 3.63) is 95.6 Å². The van der Waals surface area contributed by atoms with Crippen LogP contribution in [0.2, 0.25) is 0 Å². The number of pyridine rings is 1. The van der Waals surface area contributed by atoms with E-state index in [1.165, 1.54) is 0 Å². The molecule has 0 aliphatic carbocycles. The molecule has 3 aromatic heterocycles. The van der Waals surface area contributed by atoms with Gasteiger partial charge in [0.2, 0.25) is 0 Å². The van der Waals surface area contributed by atoms with Gasteiger partial charge in [-0.25, -0.2) is 14.6 Å². The number of rotatable bonds is 5. The minimum atomic E-state index is 0.0276. The first-order valence-corrected chi connectivity index (χ1v) is 13.0. The molecule has 2 aromatic carbocycles. The number of carbonyl (C=O) groups is 1. The Morgan fingerprint density at radius 3 is 2.53 bits per heavy atom. The summed E-state index contributed by atoms with van der Waals surface area (Å²) in [6, 6.07) is 22.1. The second kappa shape index (κ2) is 9.91. The highest BCUT2D eigenvalue weighted by molar-refractivity contribution is 7.13. The highest BCUT2D eigenvalue weighted by Gasteiger charge is 2.25. The lowest BCUT2D eigenvalue weighted by atomic mass is 10.1. The number of hydrogen-bond acceptors (Lipinski definition) is 6. The van der Waals surface area contributed by atoms with Crippen LogP contribution < -0.4 is 4.90 Å². The third-order valence-electron chi connectivity index (χ3n) is 6.56.